The SMILES string of the molecule is COC[C@H](C)NC(=O)c1cccc2c1O[C@@H](C)[C@H]2C. The molecule has 0 bridgehead atoms. The van der Waals surface area contributed by atoms with E-state index in [1.807, 2.05) is 26.0 Å². The first kappa shape index (κ1) is 13.9. The Balaban J connectivity index is 2.21. The van der Waals surface area contributed by atoms with Gasteiger partial charge >= 0.3 is 0 Å². The Morgan fingerprint density at radius 1 is 1.47 bits per heavy atom. The predicted molar refractivity (Wildman–Crippen MR) is 73.8 cm³/mol. The Hall–Kier alpha value is -1.55. The first-order valence-corrected chi connectivity index (χ1v) is 6.64. The minimum Gasteiger partial charge on any atom is -0.489 e. The van der Waals surface area contributed by atoms with E-state index in [-0.39, 0.29) is 18.1 Å². The van der Waals surface area contributed by atoms with Crippen LogP contribution in [0.15, 0.2) is 18.2 Å². The number of rotatable bonds is 4. The van der Waals surface area contributed by atoms with Gasteiger partial charge in [0.1, 0.15) is 11.9 Å². The Kier molecular flexibility index (Phi) is 4.10. The van der Waals surface area contributed by atoms with E-state index < -0.39 is 0 Å². The molecule has 0 aromatic heterocycles. The van der Waals surface area contributed by atoms with Gasteiger partial charge in [-0.25, -0.2) is 0 Å². The lowest BCUT2D eigenvalue weighted by Crippen LogP contribution is -2.35. The van der Waals surface area contributed by atoms with Crippen LogP contribution in [0, 0.1) is 0 Å². The fourth-order valence-electron chi connectivity index (χ4n) is 2.36. The maximum atomic E-state index is 12.3. The summed E-state index contributed by atoms with van der Waals surface area (Å²) in [6, 6.07) is 5.72. The zero-order valence-electron chi connectivity index (χ0n) is 11.9. The van der Waals surface area contributed by atoms with E-state index in [2.05, 4.69) is 12.2 Å². The number of carbonyl (C=O) groups excluding carboxylic acids is 1. The molecule has 2 rings (SSSR count). The maximum Gasteiger partial charge on any atom is 0.255 e. The summed E-state index contributed by atoms with van der Waals surface area (Å²) in [6.45, 7) is 6.55. The normalized spacial score (nSPS) is 22.5. The fourth-order valence-corrected chi connectivity index (χ4v) is 2.36. The van der Waals surface area contributed by atoms with Crippen LogP contribution in [0.4, 0.5) is 0 Å². The predicted octanol–water partition coefficient (Wildman–Crippen LogP) is 2.34. The molecular weight excluding hydrogens is 242 g/mol. The molecule has 1 aromatic carbocycles. The van der Waals surface area contributed by atoms with Gasteiger partial charge in [-0.3, -0.25) is 4.79 Å². The van der Waals surface area contributed by atoms with E-state index in [0.717, 1.165) is 11.3 Å². The minimum atomic E-state index is -0.109. The molecule has 4 heteroatoms. The van der Waals surface area contributed by atoms with Crippen molar-refractivity contribution < 1.29 is 14.3 Å². The number of benzene rings is 1. The monoisotopic (exact) mass is 263 g/mol. The molecule has 1 heterocycles. The van der Waals surface area contributed by atoms with Crippen molar-refractivity contribution in [2.45, 2.75) is 38.8 Å². The Bertz CT molecular complexity index is 472. The first-order chi connectivity index (χ1) is 9.04. The van der Waals surface area contributed by atoms with Crippen LogP contribution in [0.25, 0.3) is 0 Å². The van der Waals surface area contributed by atoms with Gasteiger partial charge in [0.05, 0.1) is 12.2 Å². The molecule has 1 aromatic rings. The third-order valence-corrected chi connectivity index (χ3v) is 3.58. The highest BCUT2D eigenvalue weighted by Crippen LogP contribution is 2.40. The van der Waals surface area contributed by atoms with Crippen molar-refractivity contribution in [1.29, 1.82) is 0 Å². The van der Waals surface area contributed by atoms with Crippen LogP contribution in [0.1, 0.15) is 42.6 Å². The van der Waals surface area contributed by atoms with E-state index in [4.69, 9.17) is 9.47 Å². The smallest absolute Gasteiger partial charge is 0.255 e. The van der Waals surface area contributed by atoms with Crippen LogP contribution in [0.2, 0.25) is 0 Å². The molecule has 19 heavy (non-hydrogen) atoms. The minimum absolute atomic E-state index is 0.0235. The molecule has 0 radical (unpaired) electrons. The summed E-state index contributed by atoms with van der Waals surface area (Å²) in [4.78, 5) is 12.3. The van der Waals surface area contributed by atoms with Crippen molar-refractivity contribution in [3.05, 3.63) is 29.3 Å². The van der Waals surface area contributed by atoms with Crippen LogP contribution in [-0.4, -0.2) is 31.8 Å². The molecule has 0 spiro atoms. The number of ether oxygens (including phenoxy) is 2. The summed E-state index contributed by atoms with van der Waals surface area (Å²) in [7, 11) is 1.62. The fraction of sp³-hybridized carbons (Fsp3) is 0.533. The number of methoxy groups -OCH3 is 1. The van der Waals surface area contributed by atoms with Gasteiger partial charge in [0.25, 0.3) is 5.91 Å². The molecule has 0 saturated heterocycles. The summed E-state index contributed by atoms with van der Waals surface area (Å²) in [5.41, 5.74) is 1.72. The number of carbonyl (C=O) groups is 1. The molecule has 0 unspecified atom stereocenters. The van der Waals surface area contributed by atoms with E-state index in [0.29, 0.717) is 18.1 Å². The van der Waals surface area contributed by atoms with E-state index >= 15 is 0 Å². The van der Waals surface area contributed by atoms with Crippen molar-refractivity contribution in [2.75, 3.05) is 13.7 Å². The van der Waals surface area contributed by atoms with Crippen LogP contribution in [-0.2, 0) is 4.74 Å². The van der Waals surface area contributed by atoms with Gasteiger partial charge in [0.15, 0.2) is 0 Å². The largest absolute Gasteiger partial charge is 0.489 e. The van der Waals surface area contributed by atoms with E-state index in [9.17, 15) is 4.79 Å². The van der Waals surface area contributed by atoms with Crippen LogP contribution in [0.5, 0.6) is 5.75 Å². The molecule has 3 atom stereocenters. The molecule has 1 amide bonds. The Morgan fingerprint density at radius 2 is 2.21 bits per heavy atom. The number of nitrogens with one attached hydrogen (secondary N) is 1. The second kappa shape index (κ2) is 5.61. The van der Waals surface area contributed by atoms with Gasteiger partial charge in [-0.2, -0.15) is 0 Å². The Morgan fingerprint density at radius 3 is 2.89 bits per heavy atom. The molecule has 0 fully saturated rings. The zero-order valence-corrected chi connectivity index (χ0v) is 11.9. The number of hydrogen-bond acceptors (Lipinski definition) is 3. The summed E-state index contributed by atoms with van der Waals surface area (Å²) in [6.07, 6.45) is 0.111. The molecular formula is C15H21NO3. The van der Waals surface area contributed by atoms with Crippen molar-refractivity contribution in [3.8, 4) is 5.75 Å². The topological polar surface area (TPSA) is 47.6 Å². The third-order valence-electron chi connectivity index (χ3n) is 3.58. The average molecular weight is 263 g/mol. The van der Waals surface area contributed by atoms with Crippen molar-refractivity contribution >= 4 is 5.91 Å². The molecule has 1 aliphatic heterocycles. The van der Waals surface area contributed by atoms with E-state index in [1.165, 1.54) is 0 Å². The van der Waals surface area contributed by atoms with Gasteiger partial charge in [0.2, 0.25) is 0 Å². The zero-order chi connectivity index (χ0) is 14.0. The molecule has 1 N–H and O–H groups in total. The number of para-hydroxylation sites is 1. The van der Waals surface area contributed by atoms with Crippen molar-refractivity contribution in [1.82, 2.24) is 5.32 Å². The highest BCUT2D eigenvalue weighted by Gasteiger charge is 2.31. The molecule has 104 valence electrons. The molecule has 0 aliphatic carbocycles. The summed E-state index contributed by atoms with van der Waals surface area (Å²) in [5, 5.41) is 2.91. The van der Waals surface area contributed by atoms with E-state index in [1.54, 1.807) is 13.2 Å². The first-order valence-electron chi connectivity index (χ1n) is 6.64. The molecule has 4 nitrogen and oxygen atoms in total. The summed E-state index contributed by atoms with van der Waals surface area (Å²) in [5.74, 6) is 0.937. The highest BCUT2D eigenvalue weighted by molar-refractivity contribution is 5.97. The quantitative estimate of drug-likeness (QED) is 0.907. The van der Waals surface area contributed by atoms with Crippen molar-refractivity contribution in [2.24, 2.45) is 0 Å². The maximum absolute atomic E-state index is 12.3. The number of hydrogen-bond donors (Lipinski definition) is 1. The second-order valence-electron chi connectivity index (χ2n) is 5.17. The van der Waals surface area contributed by atoms with Crippen LogP contribution in [0.3, 0.4) is 0 Å². The molecule has 1 aliphatic rings. The van der Waals surface area contributed by atoms with Gasteiger partial charge in [-0.1, -0.05) is 19.1 Å². The second-order valence-corrected chi connectivity index (χ2v) is 5.17. The standard InChI is InChI=1S/C15H21NO3/c1-9(8-18-4)16-15(17)13-7-5-6-12-10(2)11(3)19-14(12)13/h5-7,9-11H,8H2,1-4H3,(H,16,17)/t9-,10+,11-/m0/s1. The Labute approximate surface area is 114 Å². The van der Waals surface area contributed by atoms with Crippen molar-refractivity contribution in [3.63, 3.8) is 0 Å². The van der Waals surface area contributed by atoms with Gasteiger partial charge in [-0.05, 0) is 19.9 Å². The summed E-state index contributed by atoms with van der Waals surface area (Å²) < 4.78 is 10.8. The number of fused-ring (bicyclic) bond motifs is 1. The van der Waals surface area contributed by atoms with Crippen LogP contribution >= 0.6 is 0 Å². The van der Waals surface area contributed by atoms with Gasteiger partial charge in [-0.15, -0.1) is 0 Å². The number of amides is 1. The lowest BCUT2D eigenvalue weighted by molar-refractivity contribution is 0.0900. The lowest BCUT2D eigenvalue weighted by atomic mass is 9.97. The van der Waals surface area contributed by atoms with Crippen LogP contribution < -0.4 is 10.1 Å². The lowest BCUT2D eigenvalue weighted by Gasteiger charge is -2.14. The average Bonchev–Trinajstić information content (AvgIpc) is 2.65. The van der Waals surface area contributed by atoms with Gasteiger partial charge in [0, 0.05) is 24.6 Å². The highest BCUT2D eigenvalue weighted by atomic mass is 16.5. The summed E-state index contributed by atoms with van der Waals surface area (Å²) >= 11 is 0. The van der Waals surface area contributed by atoms with Gasteiger partial charge < -0.3 is 14.8 Å². The third kappa shape index (κ3) is 2.73. The molecule has 0 saturated carbocycles.